The van der Waals surface area contributed by atoms with Crippen molar-refractivity contribution < 1.29 is 22.7 Å². The summed E-state index contributed by atoms with van der Waals surface area (Å²) in [6, 6.07) is 4.68. The number of carboxylic acids is 1. The highest BCUT2D eigenvalue weighted by atomic mass is 32.2. The van der Waals surface area contributed by atoms with Crippen molar-refractivity contribution in [2.24, 2.45) is 51.2 Å². The van der Waals surface area contributed by atoms with E-state index < -0.39 is 21.6 Å². The molecule has 8 heteroatoms. The van der Waals surface area contributed by atoms with Crippen molar-refractivity contribution in [1.82, 2.24) is 10.2 Å². The molecule has 5 aliphatic carbocycles. The minimum atomic E-state index is -2.88. The second-order valence-corrected chi connectivity index (χ2v) is 21.1. The second-order valence-electron chi connectivity index (χ2n) is 18.8. The summed E-state index contributed by atoms with van der Waals surface area (Å²) in [5, 5.41) is 13.6. The lowest BCUT2D eigenvalue weighted by atomic mass is 9.33. The molecule has 6 aliphatic rings. The van der Waals surface area contributed by atoms with Crippen LogP contribution in [-0.4, -0.2) is 67.6 Å². The zero-order valence-electron chi connectivity index (χ0n) is 31.4. The number of hydrogen-bond acceptors (Lipinski definition) is 5. The molecular weight excluding hydrogens is 648 g/mol. The van der Waals surface area contributed by atoms with Crippen LogP contribution in [0.4, 0.5) is 4.39 Å². The third-order valence-corrected chi connectivity index (χ3v) is 18.1. The van der Waals surface area contributed by atoms with Crippen molar-refractivity contribution in [1.29, 1.82) is 0 Å². The summed E-state index contributed by atoms with van der Waals surface area (Å²) in [5.41, 5.74) is 3.58. The third-order valence-electron chi connectivity index (χ3n) is 16.5. The molecule has 276 valence electrons. The molecule has 1 aliphatic heterocycles. The average molecular weight is 709 g/mol. The van der Waals surface area contributed by atoms with Crippen LogP contribution in [0.3, 0.4) is 0 Å². The molecule has 0 unspecified atom stereocenters. The van der Waals surface area contributed by atoms with Crippen LogP contribution in [0.25, 0.3) is 5.57 Å². The van der Waals surface area contributed by atoms with E-state index in [0.717, 1.165) is 37.1 Å². The van der Waals surface area contributed by atoms with Crippen molar-refractivity contribution in [3.8, 4) is 0 Å². The van der Waals surface area contributed by atoms with Gasteiger partial charge in [-0.2, -0.15) is 0 Å². The van der Waals surface area contributed by atoms with Crippen LogP contribution in [0.1, 0.15) is 115 Å². The van der Waals surface area contributed by atoms with Gasteiger partial charge in [-0.25, -0.2) is 17.6 Å². The lowest BCUT2D eigenvalue weighted by Crippen LogP contribution is -2.68. The first-order valence-electron chi connectivity index (χ1n) is 19.5. The van der Waals surface area contributed by atoms with Crippen molar-refractivity contribution >= 4 is 21.4 Å². The number of hydrogen-bond donors (Lipinski definition) is 2. The summed E-state index contributed by atoms with van der Waals surface area (Å²) in [6.07, 6.45) is 13.0. The first-order valence-corrected chi connectivity index (χ1v) is 21.3. The van der Waals surface area contributed by atoms with Gasteiger partial charge >= 0.3 is 5.97 Å². The lowest BCUT2D eigenvalue weighted by molar-refractivity contribution is -0.219. The van der Waals surface area contributed by atoms with Gasteiger partial charge in [0.2, 0.25) is 0 Å². The Kier molecular flexibility index (Phi) is 8.91. The zero-order chi connectivity index (χ0) is 36.1. The molecule has 9 atom stereocenters. The van der Waals surface area contributed by atoms with E-state index >= 15 is 0 Å². The largest absolute Gasteiger partial charge is 0.478 e. The maximum absolute atomic E-state index is 14.9. The monoisotopic (exact) mass is 708 g/mol. The smallest absolute Gasteiger partial charge is 0.338 e. The van der Waals surface area contributed by atoms with E-state index in [1.165, 1.54) is 62.7 Å². The van der Waals surface area contributed by atoms with Crippen LogP contribution in [0.5, 0.6) is 0 Å². The Bertz CT molecular complexity index is 1690. The van der Waals surface area contributed by atoms with E-state index in [4.69, 9.17) is 0 Å². The standard InChI is InChI=1S/C42H61FN2O4S/c1-27(2)29-12-17-42(44-20-21-45-22-24-50(48,49)25-23-45)19-18-40(6)32(36(29)42)10-11-35-39(5)15-13-31(28-8-9-30(37(46)47)33(43)26-28)38(3,4)34(39)14-16-41(35,40)7/h8-9,13,26,29,32,34-36,44H,1,10-12,14-25H2,2-7H3,(H,46,47)/t29-,32+,34-,35+,36+,39-,40+,41+,42-/m0/s1. The van der Waals surface area contributed by atoms with Gasteiger partial charge in [0, 0.05) is 31.7 Å². The van der Waals surface area contributed by atoms with E-state index in [2.05, 4.69) is 64.4 Å². The van der Waals surface area contributed by atoms with Gasteiger partial charge < -0.3 is 15.3 Å². The molecule has 4 saturated carbocycles. The highest BCUT2D eigenvalue weighted by molar-refractivity contribution is 7.91. The van der Waals surface area contributed by atoms with E-state index in [9.17, 15) is 22.7 Å². The van der Waals surface area contributed by atoms with Gasteiger partial charge in [-0.15, -0.1) is 0 Å². The summed E-state index contributed by atoms with van der Waals surface area (Å²) < 4.78 is 39.0. The fraction of sp³-hybridized carbons (Fsp3) is 0.738. The minimum Gasteiger partial charge on any atom is -0.478 e. The molecule has 1 saturated heterocycles. The fourth-order valence-electron chi connectivity index (χ4n) is 13.8. The summed E-state index contributed by atoms with van der Waals surface area (Å²) in [4.78, 5) is 13.9. The normalized spacial score (nSPS) is 42.0. The summed E-state index contributed by atoms with van der Waals surface area (Å²) in [5.74, 6) is 1.47. The Morgan fingerprint density at radius 3 is 2.36 bits per heavy atom. The van der Waals surface area contributed by atoms with Crippen LogP contribution >= 0.6 is 0 Å². The van der Waals surface area contributed by atoms with Gasteiger partial charge in [-0.3, -0.25) is 0 Å². The van der Waals surface area contributed by atoms with Crippen molar-refractivity contribution in [3.63, 3.8) is 0 Å². The van der Waals surface area contributed by atoms with Crippen molar-refractivity contribution in [3.05, 3.63) is 53.4 Å². The van der Waals surface area contributed by atoms with Gasteiger partial charge in [0.25, 0.3) is 0 Å². The van der Waals surface area contributed by atoms with Crippen LogP contribution < -0.4 is 5.32 Å². The number of fused-ring (bicyclic) bond motifs is 7. The molecule has 1 aromatic carbocycles. The van der Waals surface area contributed by atoms with Gasteiger partial charge in [-0.05, 0) is 139 Å². The van der Waals surface area contributed by atoms with Crippen molar-refractivity contribution in [2.45, 2.75) is 105 Å². The van der Waals surface area contributed by atoms with Gasteiger partial charge in [0.1, 0.15) is 5.82 Å². The number of allylic oxidation sites excluding steroid dienone is 3. The molecule has 2 N–H and O–H groups in total. The molecule has 5 fully saturated rings. The molecule has 0 radical (unpaired) electrons. The quantitative estimate of drug-likeness (QED) is 0.278. The van der Waals surface area contributed by atoms with E-state index in [1.54, 1.807) is 6.07 Å². The molecule has 0 aromatic heterocycles. The van der Waals surface area contributed by atoms with Crippen LogP contribution in [0.15, 0.2) is 36.4 Å². The van der Waals surface area contributed by atoms with Crippen molar-refractivity contribution in [2.75, 3.05) is 37.7 Å². The van der Waals surface area contributed by atoms with E-state index in [1.807, 2.05) is 0 Å². The minimum absolute atomic E-state index is 0.121. The molecule has 1 heterocycles. The van der Waals surface area contributed by atoms with Gasteiger partial charge in [0.05, 0.1) is 17.1 Å². The van der Waals surface area contributed by atoms with Crippen LogP contribution in [0.2, 0.25) is 0 Å². The van der Waals surface area contributed by atoms with E-state index in [-0.39, 0.29) is 44.3 Å². The molecule has 1 aromatic rings. The van der Waals surface area contributed by atoms with Gasteiger partial charge in [0.15, 0.2) is 9.84 Å². The summed E-state index contributed by atoms with van der Waals surface area (Å²) >= 11 is 0. The van der Waals surface area contributed by atoms with E-state index in [0.29, 0.717) is 42.7 Å². The van der Waals surface area contributed by atoms with Crippen LogP contribution in [-0.2, 0) is 9.84 Å². The lowest BCUT2D eigenvalue weighted by Gasteiger charge is -2.72. The molecule has 0 spiro atoms. The number of benzene rings is 1. The fourth-order valence-corrected chi connectivity index (χ4v) is 15.1. The Balaban J connectivity index is 1.15. The highest BCUT2D eigenvalue weighted by Gasteiger charge is 2.70. The van der Waals surface area contributed by atoms with Gasteiger partial charge in [-0.1, -0.05) is 58.9 Å². The Morgan fingerprint density at radius 1 is 0.980 bits per heavy atom. The first-order chi connectivity index (χ1) is 23.4. The summed E-state index contributed by atoms with van der Waals surface area (Å²) in [7, 11) is -2.88. The molecule has 0 amide bonds. The first kappa shape index (κ1) is 36.3. The Hall–Kier alpha value is -2.03. The highest BCUT2D eigenvalue weighted by Crippen LogP contribution is 2.76. The number of sulfone groups is 1. The molecule has 7 rings (SSSR count). The van der Waals surface area contributed by atoms with Crippen LogP contribution in [0, 0.1) is 57.1 Å². The topological polar surface area (TPSA) is 86.7 Å². The summed E-state index contributed by atoms with van der Waals surface area (Å²) in [6.45, 7) is 22.5. The number of halogens is 1. The maximum atomic E-state index is 14.9. The molecule has 0 bridgehead atoms. The molecule has 6 nitrogen and oxygen atoms in total. The predicted octanol–water partition coefficient (Wildman–Crippen LogP) is 8.25. The molecule has 50 heavy (non-hydrogen) atoms. The number of carbonyl (C=O) groups is 1. The number of aromatic carboxylic acids is 1. The third kappa shape index (κ3) is 5.42. The number of carboxylic acid groups (broad SMARTS) is 1. The predicted molar refractivity (Wildman–Crippen MR) is 199 cm³/mol. The SMILES string of the molecule is C=C(C)[C@@H]1CC[C@]2(NCCN3CCS(=O)(=O)CC3)CC[C@]3(C)[C@H](CC[C@@H]4[C@@]5(C)CC=C(c6ccc(C(=O)O)c(F)c6)C(C)(C)[C@@H]5CC[C@]43C)[C@@H]12. The second kappa shape index (κ2) is 12.3. The maximum Gasteiger partial charge on any atom is 0.338 e. The number of nitrogens with zero attached hydrogens (tertiary/aromatic N) is 1. The average Bonchev–Trinajstić information content (AvgIpc) is 3.42. The number of nitrogens with one attached hydrogen (secondary N) is 1. The Morgan fingerprint density at radius 2 is 1.70 bits per heavy atom. The Labute approximate surface area is 300 Å². The number of rotatable bonds is 7. The molecular formula is C42H61FN2O4S. The zero-order valence-corrected chi connectivity index (χ0v) is 32.2.